The summed E-state index contributed by atoms with van der Waals surface area (Å²) < 4.78 is 0. The predicted octanol–water partition coefficient (Wildman–Crippen LogP) is 2.08. The van der Waals surface area contributed by atoms with Crippen LogP contribution in [-0.4, -0.2) is 23.8 Å². The Kier molecular flexibility index (Phi) is 4.82. The van der Waals surface area contributed by atoms with Crippen LogP contribution in [0.15, 0.2) is 36.4 Å². The van der Waals surface area contributed by atoms with E-state index in [1.807, 2.05) is 30.4 Å². The van der Waals surface area contributed by atoms with Crippen LogP contribution in [0.25, 0.3) is 0 Å². The van der Waals surface area contributed by atoms with Gasteiger partial charge in [-0.05, 0) is 18.1 Å². The third-order valence-corrected chi connectivity index (χ3v) is 3.49. The largest absolute Gasteiger partial charge is 0.396 e. The van der Waals surface area contributed by atoms with Gasteiger partial charge in [-0.2, -0.15) is 0 Å². The van der Waals surface area contributed by atoms with E-state index in [0.717, 1.165) is 12.0 Å². The molecule has 0 heterocycles. The minimum absolute atomic E-state index is 0.0107. The first kappa shape index (κ1) is 13.9. The number of nitrogens with one attached hydrogen (secondary N) is 2. The molecule has 4 nitrogen and oxygen atoms in total. The SMILES string of the molecule is O=C(NCc1ccccc1Cl)N[C@@H]1C=C[C@H](CO)C1. The van der Waals surface area contributed by atoms with Crippen LogP contribution in [0.5, 0.6) is 0 Å². The number of aliphatic hydroxyl groups is 1. The second-order valence-electron chi connectivity index (χ2n) is 4.59. The van der Waals surface area contributed by atoms with Gasteiger partial charge in [0.25, 0.3) is 0 Å². The van der Waals surface area contributed by atoms with Crippen molar-refractivity contribution in [3.8, 4) is 0 Å². The summed E-state index contributed by atoms with van der Waals surface area (Å²) in [7, 11) is 0. The lowest BCUT2D eigenvalue weighted by atomic mass is 10.1. The van der Waals surface area contributed by atoms with Crippen molar-refractivity contribution in [1.29, 1.82) is 0 Å². The Labute approximate surface area is 117 Å². The number of aliphatic hydroxyl groups excluding tert-OH is 1. The highest BCUT2D eigenvalue weighted by Crippen LogP contribution is 2.17. The average molecular weight is 281 g/mol. The summed E-state index contributed by atoms with van der Waals surface area (Å²) in [4.78, 5) is 11.7. The number of amides is 2. The number of hydrogen-bond acceptors (Lipinski definition) is 2. The zero-order valence-electron chi connectivity index (χ0n) is 10.5. The van der Waals surface area contributed by atoms with Crippen molar-refractivity contribution in [2.24, 2.45) is 5.92 Å². The van der Waals surface area contributed by atoms with Crippen molar-refractivity contribution in [2.75, 3.05) is 6.61 Å². The maximum Gasteiger partial charge on any atom is 0.315 e. The summed E-state index contributed by atoms with van der Waals surface area (Å²) in [5.74, 6) is 0.147. The summed E-state index contributed by atoms with van der Waals surface area (Å²) in [6.45, 7) is 0.515. The van der Waals surface area contributed by atoms with Crippen LogP contribution in [0, 0.1) is 5.92 Å². The Bertz CT molecular complexity index is 476. The highest BCUT2D eigenvalue weighted by atomic mass is 35.5. The fourth-order valence-electron chi connectivity index (χ4n) is 2.05. The maximum absolute atomic E-state index is 11.7. The van der Waals surface area contributed by atoms with E-state index in [1.165, 1.54) is 0 Å². The minimum atomic E-state index is -0.229. The van der Waals surface area contributed by atoms with Gasteiger partial charge in [-0.25, -0.2) is 4.79 Å². The molecule has 1 aromatic rings. The Balaban J connectivity index is 1.77. The van der Waals surface area contributed by atoms with Crippen LogP contribution in [0.4, 0.5) is 4.79 Å². The fourth-order valence-corrected chi connectivity index (χ4v) is 2.26. The van der Waals surface area contributed by atoms with E-state index < -0.39 is 0 Å². The fraction of sp³-hybridized carbons (Fsp3) is 0.357. The Morgan fingerprint density at radius 3 is 2.84 bits per heavy atom. The van der Waals surface area contributed by atoms with Crippen molar-refractivity contribution in [2.45, 2.75) is 19.0 Å². The van der Waals surface area contributed by atoms with Gasteiger partial charge >= 0.3 is 6.03 Å². The van der Waals surface area contributed by atoms with Gasteiger partial charge < -0.3 is 15.7 Å². The second-order valence-corrected chi connectivity index (χ2v) is 5.00. The van der Waals surface area contributed by atoms with Crippen LogP contribution in [0.2, 0.25) is 5.02 Å². The van der Waals surface area contributed by atoms with E-state index in [0.29, 0.717) is 11.6 Å². The molecule has 0 unspecified atom stereocenters. The summed E-state index contributed by atoms with van der Waals surface area (Å²) in [6, 6.07) is 7.16. The predicted molar refractivity (Wildman–Crippen MR) is 74.9 cm³/mol. The molecule has 19 heavy (non-hydrogen) atoms. The van der Waals surface area contributed by atoms with Crippen molar-refractivity contribution in [3.63, 3.8) is 0 Å². The van der Waals surface area contributed by atoms with E-state index in [1.54, 1.807) is 6.07 Å². The highest BCUT2D eigenvalue weighted by Gasteiger charge is 2.19. The summed E-state index contributed by atoms with van der Waals surface area (Å²) >= 11 is 6.01. The molecular weight excluding hydrogens is 264 g/mol. The van der Waals surface area contributed by atoms with Gasteiger partial charge in [0.1, 0.15) is 0 Å². The molecule has 2 atom stereocenters. The van der Waals surface area contributed by atoms with Crippen LogP contribution < -0.4 is 10.6 Å². The molecule has 0 aliphatic heterocycles. The van der Waals surface area contributed by atoms with Gasteiger partial charge in [0.15, 0.2) is 0 Å². The summed E-state index contributed by atoms with van der Waals surface area (Å²) in [5.41, 5.74) is 0.884. The molecule has 102 valence electrons. The molecule has 0 aromatic heterocycles. The topological polar surface area (TPSA) is 61.4 Å². The molecule has 0 radical (unpaired) electrons. The Hall–Kier alpha value is -1.52. The molecule has 1 aliphatic rings. The molecule has 0 saturated heterocycles. The highest BCUT2D eigenvalue weighted by molar-refractivity contribution is 6.31. The molecule has 0 fully saturated rings. The molecule has 0 spiro atoms. The van der Waals surface area contributed by atoms with Crippen molar-refractivity contribution in [1.82, 2.24) is 10.6 Å². The van der Waals surface area contributed by atoms with Crippen LogP contribution in [0.3, 0.4) is 0 Å². The van der Waals surface area contributed by atoms with Crippen molar-refractivity contribution in [3.05, 3.63) is 47.0 Å². The molecule has 2 rings (SSSR count). The standard InChI is InChI=1S/C14H17ClN2O2/c15-13-4-2-1-3-11(13)8-16-14(19)17-12-6-5-10(7-12)9-18/h1-6,10,12,18H,7-9H2,(H2,16,17,19)/t10-,12+/m0/s1. The van der Waals surface area contributed by atoms with Crippen LogP contribution in [0.1, 0.15) is 12.0 Å². The second kappa shape index (κ2) is 6.59. The third kappa shape index (κ3) is 3.98. The van der Waals surface area contributed by atoms with Crippen LogP contribution in [-0.2, 0) is 6.54 Å². The van der Waals surface area contributed by atoms with Gasteiger partial charge in [0.2, 0.25) is 0 Å². The number of benzene rings is 1. The molecule has 5 heteroatoms. The molecule has 0 bridgehead atoms. The number of hydrogen-bond donors (Lipinski definition) is 3. The van der Waals surface area contributed by atoms with Gasteiger partial charge in [-0.15, -0.1) is 0 Å². The number of carbonyl (C=O) groups excluding carboxylic acids is 1. The molecule has 1 aromatic carbocycles. The maximum atomic E-state index is 11.7. The molecule has 2 amide bonds. The Morgan fingerprint density at radius 2 is 2.16 bits per heavy atom. The van der Waals surface area contributed by atoms with Gasteiger partial charge in [0.05, 0.1) is 0 Å². The number of halogens is 1. The van der Waals surface area contributed by atoms with E-state index in [4.69, 9.17) is 16.7 Å². The monoisotopic (exact) mass is 280 g/mol. The molecule has 3 N–H and O–H groups in total. The van der Waals surface area contributed by atoms with E-state index in [2.05, 4.69) is 10.6 Å². The Morgan fingerprint density at radius 1 is 1.37 bits per heavy atom. The molecular formula is C14H17ClN2O2. The summed E-state index contributed by atoms with van der Waals surface area (Å²) in [6.07, 6.45) is 4.59. The van der Waals surface area contributed by atoms with Gasteiger partial charge in [-0.1, -0.05) is 42.0 Å². The quantitative estimate of drug-likeness (QED) is 0.740. The average Bonchev–Trinajstić information content (AvgIpc) is 2.85. The number of urea groups is 1. The zero-order valence-corrected chi connectivity index (χ0v) is 11.2. The smallest absolute Gasteiger partial charge is 0.315 e. The minimum Gasteiger partial charge on any atom is -0.396 e. The summed E-state index contributed by atoms with van der Waals surface area (Å²) in [5, 5.41) is 15.3. The normalized spacial score (nSPS) is 21.4. The number of carbonyl (C=O) groups is 1. The lowest BCUT2D eigenvalue weighted by molar-refractivity contribution is 0.231. The lowest BCUT2D eigenvalue weighted by Gasteiger charge is -2.14. The van der Waals surface area contributed by atoms with Crippen molar-refractivity contribution >= 4 is 17.6 Å². The number of rotatable bonds is 4. The van der Waals surface area contributed by atoms with Crippen molar-refractivity contribution < 1.29 is 9.90 Å². The molecule has 0 saturated carbocycles. The zero-order chi connectivity index (χ0) is 13.7. The van der Waals surface area contributed by atoms with E-state index in [-0.39, 0.29) is 24.6 Å². The van der Waals surface area contributed by atoms with Gasteiger partial charge in [-0.3, -0.25) is 0 Å². The van der Waals surface area contributed by atoms with E-state index in [9.17, 15) is 4.79 Å². The van der Waals surface area contributed by atoms with Gasteiger partial charge in [0, 0.05) is 30.1 Å². The lowest BCUT2D eigenvalue weighted by Crippen LogP contribution is -2.40. The molecule has 1 aliphatic carbocycles. The van der Waals surface area contributed by atoms with E-state index >= 15 is 0 Å². The first-order chi connectivity index (χ1) is 9.19. The van der Waals surface area contributed by atoms with Crippen LogP contribution >= 0.6 is 11.6 Å². The first-order valence-corrected chi connectivity index (χ1v) is 6.64. The third-order valence-electron chi connectivity index (χ3n) is 3.12. The first-order valence-electron chi connectivity index (χ1n) is 6.26.